The molecule has 30 heavy (non-hydrogen) atoms. The number of fused-ring (bicyclic) bond motifs is 1. The van der Waals surface area contributed by atoms with E-state index in [-0.39, 0.29) is 17.8 Å². The molecule has 0 aliphatic heterocycles. The summed E-state index contributed by atoms with van der Waals surface area (Å²) in [6.07, 6.45) is 1.60. The average Bonchev–Trinajstić information content (AvgIpc) is 3.12. The summed E-state index contributed by atoms with van der Waals surface area (Å²) in [5.41, 5.74) is 2.83. The smallest absolute Gasteiger partial charge is 0.320 e. The van der Waals surface area contributed by atoms with Crippen LogP contribution in [0.3, 0.4) is 0 Å². The van der Waals surface area contributed by atoms with E-state index < -0.39 is 0 Å². The zero-order valence-corrected chi connectivity index (χ0v) is 17.9. The maximum absolute atomic E-state index is 13.1. The second kappa shape index (κ2) is 7.95. The highest BCUT2D eigenvalue weighted by molar-refractivity contribution is 6.30. The van der Waals surface area contributed by atoms with Gasteiger partial charge < -0.3 is 4.57 Å². The molecule has 2 aromatic carbocycles. The van der Waals surface area contributed by atoms with Gasteiger partial charge in [0.05, 0.1) is 12.0 Å². The lowest BCUT2D eigenvalue weighted by molar-refractivity contribution is 0.655. The summed E-state index contributed by atoms with van der Waals surface area (Å²) in [4.78, 5) is 30.7. The Labute approximate surface area is 179 Å². The Morgan fingerprint density at radius 1 is 1.07 bits per heavy atom. The molecule has 0 N–H and O–H groups in total. The molecule has 0 radical (unpaired) electrons. The molecule has 0 saturated carbocycles. The molecule has 0 spiro atoms. The van der Waals surface area contributed by atoms with Crippen molar-refractivity contribution in [2.45, 2.75) is 39.8 Å². The third kappa shape index (κ3) is 3.48. The van der Waals surface area contributed by atoms with Crippen molar-refractivity contribution in [2.24, 2.45) is 0 Å². The lowest BCUT2D eigenvalue weighted by Crippen LogP contribution is -2.39. The quantitative estimate of drug-likeness (QED) is 0.484. The molecule has 0 fully saturated rings. The van der Waals surface area contributed by atoms with Gasteiger partial charge in [-0.25, -0.2) is 14.3 Å². The van der Waals surface area contributed by atoms with Gasteiger partial charge in [-0.05, 0) is 48.2 Å². The van der Waals surface area contributed by atoms with Gasteiger partial charge in [0.15, 0.2) is 11.2 Å². The first kappa shape index (κ1) is 20.2. The number of aromatic nitrogens is 4. The zero-order chi connectivity index (χ0) is 21.4. The van der Waals surface area contributed by atoms with E-state index in [1.807, 2.05) is 42.5 Å². The summed E-state index contributed by atoms with van der Waals surface area (Å²) in [7, 11) is 0. The van der Waals surface area contributed by atoms with Crippen LogP contribution in [0.15, 0.2) is 64.4 Å². The van der Waals surface area contributed by atoms with E-state index in [2.05, 4.69) is 18.8 Å². The van der Waals surface area contributed by atoms with E-state index in [4.69, 9.17) is 11.6 Å². The Morgan fingerprint density at radius 2 is 1.80 bits per heavy atom. The molecular formula is C23H23ClN4O2. The molecule has 6 nitrogen and oxygen atoms in total. The molecule has 2 heterocycles. The van der Waals surface area contributed by atoms with Crippen molar-refractivity contribution in [3.63, 3.8) is 0 Å². The van der Waals surface area contributed by atoms with Gasteiger partial charge in [-0.15, -0.1) is 0 Å². The molecule has 0 saturated heterocycles. The molecule has 0 aliphatic carbocycles. The summed E-state index contributed by atoms with van der Waals surface area (Å²) >= 11 is 6.11. The van der Waals surface area contributed by atoms with Crippen LogP contribution >= 0.6 is 11.6 Å². The fourth-order valence-corrected chi connectivity index (χ4v) is 3.86. The number of hydrogen-bond acceptors (Lipinski definition) is 3. The first-order valence-corrected chi connectivity index (χ1v) is 10.3. The van der Waals surface area contributed by atoms with Crippen LogP contribution in [0, 0.1) is 0 Å². The Morgan fingerprint density at radius 3 is 2.43 bits per heavy atom. The van der Waals surface area contributed by atoms with Crippen molar-refractivity contribution in [3.8, 4) is 5.69 Å². The Hall–Kier alpha value is -3.12. The van der Waals surface area contributed by atoms with E-state index in [1.54, 1.807) is 23.9 Å². The number of imidazole rings is 1. The molecule has 154 valence electrons. The van der Waals surface area contributed by atoms with Gasteiger partial charge in [0.1, 0.15) is 0 Å². The summed E-state index contributed by atoms with van der Waals surface area (Å²) in [6, 6.07) is 15.3. The molecule has 0 unspecified atom stereocenters. The van der Waals surface area contributed by atoms with Crippen LogP contribution in [0.2, 0.25) is 5.02 Å². The summed E-state index contributed by atoms with van der Waals surface area (Å²) < 4.78 is 4.53. The second-order valence-corrected chi connectivity index (χ2v) is 8.02. The first-order valence-electron chi connectivity index (χ1n) is 9.96. The van der Waals surface area contributed by atoms with Gasteiger partial charge in [0, 0.05) is 18.1 Å². The highest BCUT2D eigenvalue weighted by Gasteiger charge is 2.19. The fourth-order valence-electron chi connectivity index (χ4n) is 3.65. The minimum absolute atomic E-state index is 0.278. The van der Waals surface area contributed by atoms with Gasteiger partial charge in [-0.1, -0.05) is 49.7 Å². The van der Waals surface area contributed by atoms with Crippen molar-refractivity contribution in [2.75, 3.05) is 0 Å². The first-order chi connectivity index (χ1) is 14.4. The predicted octanol–water partition coefficient (Wildman–Crippen LogP) is 4.19. The maximum Gasteiger partial charge on any atom is 0.337 e. The number of rotatable bonds is 5. The van der Waals surface area contributed by atoms with E-state index in [9.17, 15) is 9.59 Å². The molecule has 0 amide bonds. The topological polar surface area (TPSA) is 61.8 Å². The van der Waals surface area contributed by atoms with Crippen molar-refractivity contribution in [3.05, 3.63) is 91.8 Å². The van der Waals surface area contributed by atoms with Crippen LogP contribution in [-0.4, -0.2) is 18.7 Å². The van der Waals surface area contributed by atoms with E-state index in [0.717, 1.165) is 5.56 Å². The molecule has 0 aliphatic rings. The van der Waals surface area contributed by atoms with Crippen LogP contribution in [0.5, 0.6) is 0 Å². The van der Waals surface area contributed by atoms with Crippen LogP contribution in [0.4, 0.5) is 0 Å². The van der Waals surface area contributed by atoms with Gasteiger partial charge >= 0.3 is 5.69 Å². The number of benzene rings is 2. The third-order valence-corrected chi connectivity index (χ3v) is 5.51. The van der Waals surface area contributed by atoms with Crippen LogP contribution in [-0.2, 0) is 13.1 Å². The van der Waals surface area contributed by atoms with Gasteiger partial charge in [-0.2, -0.15) is 0 Å². The highest BCUT2D eigenvalue weighted by atomic mass is 35.5. The molecule has 4 rings (SSSR count). The number of halogens is 1. The van der Waals surface area contributed by atoms with Crippen LogP contribution in [0.25, 0.3) is 16.9 Å². The number of hydrogen-bond donors (Lipinski definition) is 0. The van der Waals surface area contributed by atoms with E-state index >= 15 is 0 Å². The van der Waals surface area contributed by atoms with Gasteiger partial charge in [0.25, 0.3) is 5.56 Å². The van der Waals surface area contributed by atoms with Gasteiger partial charge in [0.2, 0.25) is 0 Å². The monoisotopic (exact) mass is 422 g/mol. The predicted molar refractivity (Wildman–Crippen MR) is 120 cm³/mol. The summed E-state index contributed by atoms with van der Waals surface area (Å²) in [6.45, 7) is 6.74. The van der Waals surface area contributed by atoms with E-state index in [0.29, 0.717) is 34.3 Å². The molecule has 4 aromatic rings. The lowest BCUT2D eigenvalue weighted by atomic mass is 10.0. The lowest BCUT2D eigenvalue weighted by Gasteiger charge is -2.13. The second-order valence-electron chi connectivity index (χ2n) is 7.59. The Kier molecular flexibility index (Phi) is 5.35. The SMILES string of the molecule is CCn1c(=O)c2c(ncn2Cc2cccc(Cl)c2)n(-c2ccc(C(C)C)cc2)c1=O. The standard InChI is InChI=1S/C23H23ClN4O2/c1-4-27-22(29)20-21(25-14-26(20)13-16-6-5-7-18(24)12-16)28(23(27)30)19-10-8-17(9-11-19)15(2)3/h5-12,14-15H,4,13H2,1-3H3. The third-order valence-electron chi connectivity index (χ3n) is 5.28. The zero-order valence-electron chi connectivity index (χ0n) is 17.2. The normalized spacial score (nSPS) is 11.5. The average molecular weight is 423 g/mol. The van der Waals surface area contributed by atoms with Crippen LogP contribution < -0.4 is 11.2 Å². The van der Waals surface area contributed by atoms with Gasteiger partial charge in [-0.3, -0.25) is 9.36 Å². The fraction of sp³-hybridized carbons (Fsp3) is 0.261. The van der Waals surface area contributed by atoms with Crippen LogP contribution in [0.1, 0.15) is 37.8 Å². The maximum atomic E-state index is 13.1. The highest BCUT2D eigenvalue weighted by Crippen LogP contribution is 2.19. The van der Waals surface area contributed by atoms with Crippen molar-refractivity contribution in [1.29, 1.82) is 0 Å². The summed E-state index contributed by atoms with van der Waals surface area (Å²) in [5.74, 6) is 0.386. The molecule has 2 aromatic heterocycles. The molecule has 0 bridgehead atoms. The van der Waals surface area contributed by atoms with Crippen molar-refractivity contribution in [1.82, 2.24) is 18.7 Å². The van der Waals surface area contributed by atoms with E-state index in [1.165, 1.54) is 14.7 Å². The minimum atomic E-state index is -0.389. The van der Waals surface area contributed by atoms with Crippen molar-refractivity contribution >= 4 is 22.8 Å². The number of nitrogens with zero attached hydrogens (tertiary/aromatic N) is 4. The summed E-state index contributed by atoms with van der Waals surface area (Å²) in [5, 5.41) is 0.630. The van der Waals surface area contributed by atoms with Crippen molar-refractivity contribution < 1.29 is 0 Å². The Balaban J connectivity index is 1.94. The molecule has 0 atom stereocenters. The molecule has 7 heteroatoms. The largest absolute Gasteiger partial charge is 0.337 e. The Bertz CT molecular complexity index is 1330. The minimum Gasteiger partial charge on any atom is -0.320 e. The molecular weight excluding hydrogens is 400 g/mol.